The molecule has 1 aliphatic heterocycles. The number of ether oxygens (including phenoxy) is 2. The lowest BCUT2D eigenvalue weighted by atomic mass is 10.1. The maximum Gasteiger partial charge on any atom is 0.258 e. The van der Waals surface area contributed by atoms with E-state index in [9.17, 15) is 9.59 Å². The van der Waals surface area contributed by atoms with Crippen LogP contribution >= 0.6 is 0 Å². The van der Waals surface area contributed by atoms with E-state index in [1.807, 2.05) is 12.1 Å². The Morgan fingerprint density at radius 1 is 1.05 bits per heavy atom. The number of aldehydes is 1. The Hall–Kier alpha value is -2.82. The molecule has 0 radical (unpaired) electrons. The minimum absolute atomic E-state index is 0.120. The number of rotatable bonds is 4. The highest BCUT2D eigenvalue weighted by molar-refractivity contribution is 6.10. The lowest BCUT2D eigenvalue weighted by molar-refractivity contribution is 0.0996. The van der Waals surface area contributed by atoms with Crippen LogP contribution in [0.15, 0.2) is 36.4 Å². The van der Waals surface area contributed by atoms with Crippen LogP contribution in [0.4, 0.5) is 5.69 Å². The zero-order valence-electron chi connectivity index (χ0n) is 12.3. The summed E-state index contributed by atoms with van der Waals surface area (Å²) in [5.74, 6) is 1.06. The summed E-state index contributed by atoms with van der Waals surface area (Å²) in [7, 11) is 3.12. The van der Waals surface area contributed by atoms with Crippen LogP contribution in [0.3, 0.4) is 0 Å². The van der Waals surface area contributed by atoms with Crippen molar-refractivity contribution >= 4 is 17.9 Å². The highest BCUT2D eigenvalue weighted by atomic mass is 16.5. The van der Waals surface area contributed by atoms with E-state index in [4.69, 9.17) is 9.47 Å². The standard InChI is InChI=1S/C17H15NO4/c1-21-15-6-5-13(8-16(15)22-2)18-9-12-4-3-11(10-19)7-14(12)17(18)20/h3-8,10H,9H2,1-2H3. The third kappa shape index (κ3) is 2.20. The number of nitrogens with zero attached hydrogens (tertiary/aromatic N) is 1. The summed E-state index contributed by atoms with van der Waals surface area (Å²) in [6.07, 6.45) is 0.743. The van der Waals surface area contributed by atoms with Gasteiger partial charge in [-0.15, -0.1) is 0 Å². The number of carbonyl (C=O) groups excluding carboxylic acids is 2. The van der Waals surface area contributed by atoms with Crippen LogP contribution in [-0.2, 0) is 6.54 Å². The first-order valence-corrected chi connectivity index (χ1v) is 6.80. The molecular formula is C17H15NO4. The Balaban J connectivity index is 1.98. The second-order valence-electron chi connectivity index (χ2n) is 4.97. The zero-order chi connectivity index (χ0) is 15.7. The topological polar surface area (TPSA) is 55.8 Å². The molecule has 0 atom stereocenters. The number of methoxy groups -OCH3 is 2. The SMILES string of the molecule is COc1ccc(N2Cc3ccc(C=O)cc3C2=O)cc1OC. The Morgan fingerprint density at radius 2 is 1.82 bits per heavy atom. The Kier molecular flexibility index (Phi) is 3.55. The van der Waals surface area contributed by atoms with Gasteiger partial charge in [-0.05, 0) is 23.8 Å². The summed E-state index contributed by atoms with van der Waals surface area (Å²) in [6, 6.07) is 10.5. The van der Waals surface area contributed by atoms with E-state index in [1.54, 1.807) is 43.4 Å². The van der Waals surface area contributed by atoms with Crippen molar-refractivity contribution in [3.05, 3.63) is 53.1 Å². The first-order valence-electron chi connectivity index (χ1n) is 6.80. The second-order valence-corrected chi connectivity index (χ2v) is 4.97. The van der Waals surface area contributed by atoms with E-state index in [2.05, 4.69) is 0 Å². The van der Waals surface area contributed by atoms with Gasteiger partial charge in [0.2, 0.25) is 0 Å². The summed E-state index contributed by atoms with van der Waals surface area (Å²) < 4.78 is 10.5. The molecule has 1 amide bonds. The van der Waals surface area contributed by atoms with Gasteiger partial charge in [-0.1, -0.05) is 12.1 Å². The molecular weight excluding hydrogens is 282 g/mol. The molecule has 0 bridgehead atoms. The van der Waals surface area contributed by atoms with E-state index >= 15 is 0 Å². The number of fused-ring (bicyclic) bond motifs is 1. The number of carbonyl (C=O) groups is 2. The van der Waals surface area contributed by atoms with Gasteiger partial charge in [-0.2, -0.15) is 0 Å². The lowest BCUT2D eigenvalue weighted by Crippen LogP contribution is -2.23. The van der Waals surface area contributed by atoms with E-state index < -0.39 is 0 Å². The first-order chi connectivity index (χ1) is 10.7. The lowest BCUT2D eigenvalue weighted by Gasteiger charge is -2.17. The third-order valence-corrected chi connectivity index (χ3v) is 3.75. The molecule has 0 unspecified atom stereocenters. The highest BCUT2D eigenvalue weighted by Crippen LogP contribution is 2.35. The maximum absolute atomic E-state index is 12.6. The minimum Gasteiger partial charge on any atom is -0.493 e. The van der Waals surface area contributed by atoms with Gasteiger partial charge in [0.15, 0.2) is 11.5 Å². The molecule has 22 heavy (non-hydrogen) atoms. The fourth-order valence-corrected chi connectivity index (χ4v) is 2.59. The van der Waals surface area contributed by atoms with Crippen molar-refractivity contribution in [2.24, 2.45) is 0 Å². The summed E-state index contributed by atoms with van der Waals surface area (Å²) in [4.78, 5) is 25.1. The molecule has 5 nitrogen and oxygen atoms in total. The molecule has 0 N–H and O–H groups in total. The van der Waals surface area contributed by atoms with E-state index in [1.165, 1.54) is 0 Å². The van der Waals surface area contributed by atoms with E-state index in [-0.39, 0.29) is 5.91 Å². The van der Waals surface area contributed by atoms with Crippen LogP contribution in [0.5, 0.6) is 11.5 Å². The van der Waals surface area contributed by atoms with Crippen LogP contribution in [0, 0.1) is 0 Å². The van der Waals surface area contributed by atoms with Crippen molar-refractivity contribution in [2.75, 3.05) is 19.1 Å². The molecule has 3 rings (SSSR count). The van der Waals surface area contributed by atoms with Gasteiger partial charge in [0.25, 0.3) is 5.91 Å². The minimum atomic E-state index is -0.120. The predicted octanol–water partition coefficient (Wildman–Crippen LogP) is 2.68. The van der Waals surface area contributed by atoms with Gasteiger partial charge < -0.3 is 14.4 Å². The van der Waals surface area contributed by atoms with Crippen molar-refractivity contribution in [1.29, 1.82) is 0 Å². The van der Waals surface area contributed by atoms with Crippen LogP contribution < -0.4 is 14.4 Å². The van der Waals surface area contributed by atoms with Crippen molar-refractivity contribution < 1.29 is 19.1 Å². The Bertz CT molecular complexity index is 754. The Labute approximate surface area is 128 Å². The normalized spacial score (nSPS) is 13.0. The van der Waals surface area contributed by atoms with Crippen molar-refractivity contribution in [2.45, 2.75) is 6.54 Å². The third-order valence-electron chi connectivity index (χ3n) is 3.75. The van der Waals surface area contributed by atoms with Gasteiger partial charge in [0, 0.05) is 22.9 Å². The van der Waals surface area contributed by atoms with Crippen molar-refractivity contribution in [3.63, 3.8) is 0 Å². The molecule has 0 spiro atoms. The number of hydrogen-bond acceptors (Lipinski definition) is 4. The summed E-state index contributed by atoms with van der Waals surface area (Å²) in [5.41, 5.74) is 2.71. The molecule has 0 saturated heterocycles. The Morgan fingerprint density at radius 3 is 2.50 bits per heavy atom. The van der Waals surface area contributed by atoms with Crippen molar-refractivity contribution in [3.8, 4) is 11.5 Å². The summed E-state index contributed by atoms with van der Waals surface area (Å²) in [6.45, 7) is 0.475. The van der Waals surface area contributed by atoms with Gasteiger partial charge in [-0.3, -0.25) is 9.59 Å². The van der Waals surface area contributed by atoms with Gasteiger partial charge in [0.1, 0.15) is 6.29 Å². The molecule has 2 aromatic rings. The molecule has 2 aromatic carbocycles. The van der Waals surface area contributed by atoms with Crippen molar-refractivity contribution in [1.82, 2.24) is 0 Å². The molecule has 0 aliphatic carbocycles. The molecule has 1 heterocycles. The number of hydrogen-bond donors (Lipinski definition) is 0. The molecule has 0 aromatic heterocycles. The van der Waals surface area contributed by atoms with Crippen LogP contribution in [0.1, 0.15) is 26.3 Å². The van der Waals surface area contributed by atoms with E-state index in [0.717, 1.165) is 17.5 Å². The fraction of sp³-hybridized carbons (Fsp3) is 0.176. The highest BCUT2D eigenvalue weighted by Gasteiger charge is 2.29. The van der Waals surface area contributed by atoms with Gasteiger partial charge >= 0.3 is 0 Å². The largest absolute Gasteiger partial charge is 0.493 e. The smallest absolute Gasteiger partial charge is 0.258 e. The molecule has 0 saturated carbocycles. The van der Waals surface area contributed by atoms with Gasteiger partial charge in [-0.25, -0.2) is 0 Å². The molecule has 0 fully saturated rings. The van der Waals surface area contributed by atoms with Crippen LogP contribution in [0.2, 0.25) is 0 Å². The predicted molar refractivity (Wildman–Crippen MR) is 81.9 cm³/mol. The van der Waals surface area contributed by atoms with Crippen LogP contribution in [0.25, 0.3) is 0 Å². The molecule has 112 valence electrons. The number of amides is 1. The zero-order valence-corrected chi connectivity index (χ0v) is 12.3. The summed E-state index contributed by atoms with van der Waals surface area (Å²) in [5, 5.41) is 0. The first kappa shape index (κ1) is 14.1. The van der Waals surface area contributed by atoms with Gasteiger partial charge in [0.05, 0.1) is 20.8 Å². The molecule has 5 heteroatoms. The van der Waals surface area contributed by atoms with Crippen LogP contribution in [-0.4, -0.2) is 26.4 Å². The fourth-order valence-electron chi connectivity index (χ4n) is 2.59. The summed E-state index contributed by atoms with van der Waals surface area (Å²) >= 11 is 0. The van der Waals surface area contributed by atoms with E-state index in [0.29, 0.717) is 29.2 Å². The molecule has 1 aliphatic rings. The number of anilines is 1. The maximum atomic E-state index is 12.6. The monoisotopic (exact) mass is 297 g/mol. The quantitative estimate of drug-likeness (QED) is 0.814. The average molecular weight is 297 g/mol. The number of benzene rings is 2. The second kappa shape index (κ2) is 5.52. The average Bonchev–Trinajstić information content (AvgIpc) is 2.90.